The lowest BCUT2D eigenvalue weighted by Crippen LogP contribution is -2.39. The first-order valence-corrected chi connectivity index (χ1v) is 7.55. The predicted molar refractivity (Wildman–Crippen MR) is 74.5 cm³/mol. The first-order valence-electron chi connectivity index (χ1n) is 7.55. The molecule has 18 heavy (non-hydrogen) atoms. The van der Waals surface area contributed by atoms with Crippen LogP contribution in [-0.4, -0.2) is 11.0 Å². The van der Waals surface area contributed by atoms with Crippen LogP contribution in [0.25, 0.3) is 0 Å². The molecule has 0 saturated heterocycles. The van der Waals surface area contributed by atoms with Gasteiger partial charge in [-0.05, 0) is 49.7 Å². The summed E-state index contributed by atoms with van der Waals surface area (Å²) in [4.78, 5) is 4.64. The number of nitrogens with zero attached hydrogens (tertiary/aromatic N) is 1. The fraction of sp³-hybridized carbons (Fsp3) is 0.688. The lowest BCUT2D eigenvalue weighted by Gasteiger charge is -2.35. The van der Waals surface area contributed by atoms with Crippen molar-refractivity contribution < 1.29 is 0 Å². The summed E-state index contributed by atoms with van der Waals surface area (Å²) in [5, 5.41) is 0. The molecular weight excluding hydrogens is 220 g/mol. The van der Waals surface area contributed by atoms with Crippen molar-refractivity contribution in [3.63, 3.8) is 0 Å². The van der Waals surface area contributed by atoms with Crippen molar-refractivity contribution >= 4 is 0 Å². The molecule has 2 nitrogen and oxygen atoms in total. The van der Waals surface area contributed by atoms with Crippen LogP contribution in [0.2, 0.25) is 0 Å². The molecule has 2 unspecified atom stereocenters. The minimum atomic E-state index is 0.333. The molecule has 1 fully saturated rings. The Morgan fingerprint density at radius 2 is 1.94 bits per heavy atom. The van der Waals surface area contributed by atoms with Gasteiger partial charge in [-0.1, -0.05) is 25.3 Å². The van der Waals surface area contributed by atoms with Gasteiger partial charge in [0.2, 0.25) is 0 Å². The normalized spacial score (nSPS) is 26.6. The molecule has 1 aromatic heterocycles. The minimum absolute atomic E-state index is 0.333. The summed E-state index contributed by atoms with van der Waals surface area (Å²) in [6, 6.07) is 4.63. The Morgan fingerprint density at radius 1 is 1.11 bits per heavy atom. The van der Waals surface area contributed by atoms with Crippen LogP contribution < -0.4 is 5.73 Å². The van der Waals surface area contributed by atoms with Crippen LogP contribution in [0.5, 0.6) is 0 Å². The Balaban J connectivity index is 1.80. The monoisotopic (exact) mass is 244 g/mol. The van der Waals surface area contributed by atoms with E-state index in [-0.39, 0.29) is 0 Å². The molecule has 0 aromatic carbocycles. The number of rotatable bonds is 2. The van der Waals surface area contributed by atoms with Gasteiger partial charge in [-0.15, -0.1) is 0 Å². The number of hydrogen-bond acceptors (Lipinski definition) is 2. The van der Waals surface area contributed by atoms with Gasteiger partial charge < -0.3 is 5.73 Å². The maximum absolute atomic E-state index is 6.60. The van der Waals surface area contributed by atoms with E-state index < -0.39 is 0 Å². The van der Waals surface area contributed by atoms with Crippen molar-refractivity contribution in [3.8, 4) is 0 Å². The van der Waals surface area contributed by atoms with E-state index in [0.29, 0.717) is 12.0 Å². The second-order valence-electron chi connectivity index (χ2n) is 6.02. The van der Waals surface area contributed by atoms with Crippen molar-refractivity contribution in [1.29, 1.82) is 0 Å². The Hall–Kier alpha value is -0.890. The zero-order valence-corrected chi connectivity index (χ0v) is 11.1. The Morgan fingerprint density at radius 3 is 2.78 bits per heavy atom. The second kappa shape index (κ2) is 5.40. The number of pyridine rings is 1. The Bertz CT molecular complexity index is 396. The summed E-state index contributed by atoms with van der Waals surface area (Å²) in [5.74, 6) is 1.25. The van der Waals surface area contributed by atoms with Gasteiger partial charge in [0.05, 0.1) is 0 Å². The highest BCUT2D eigenvalue weighted by Gasteiger charge is 2.32. The first-order chi connectivity index (χ1) is 8.86. The van der Waals surface area contributed by atoms with Crippen LogP contribution >= 0.6 is 0 Å². The summed E-state index contributed by atoms with van der Waals surface area (Å²) in [5.41, 5.74) is 9.35. The fourth-order valence-electron chi connectivity index (χ4n) is 3.87. The molecule has 0 amide bonds. The van der Waals surface area contributed by atoms with Gasteiger partial charge in [-0.3, -0.25) is 4.98 Å². The quantitative estimate of drug-likeness (QED) is 0.866. The summed E-state index contributed by atoms with van der Waals surface area (Å²) < 4.78 is 0. The molecule has 0 aliphatic heterocycles. The van der Waals surface area contributed by atoms with Gasteiger partial charge in [-0.25, -0.2) is 0 Å². The van der Waals surface area contributed by atoms with Crippen LogP contribution in [0, 0.1) is 5.92 Å². The fourth-order valence-corrected chi connectivity index (χ4v) is 3.87. The highest BCUT2D eigenvalue weighted by atomic mass is 14.8. The van der Waals surface area contributed by atoms with Crippen LogP contribution in [0.1, 0.15) is 62.1 Å². The lowest BCUT2D eigenvalue weighted by molar-refractivity contribution is 0.263. The van der Waals surface area contributed by atoms with Gasteiger partial charge in [0.15, 0.2) is 0 Å². The number of nitrogens with two attached hydrogens (primary N) is 1. The van der Waals surface area contributed by atoms with E-state index in [1.54, 1.807) is 0 Å². The maximum Gasteiger partial charge on any atom is 0.0481 e. The van der Waals surface area contributed by atoms with Crippen molar-refractivity contribution in [1.82, 2.24) is 4.98 Å². The highest BCUT2D eigenvalue weighted by molar-refractivity contribution is 5.27. The molecule has 1 saturated carbocycles. The Kier molecular flexibility index (Phi) is 3.64. The topological polar surface area (TPSA) is 38.9 Å². The summed E-state index contributed by atoms with van der Waals surface area (Å²) in [6.45, 7) is 0. The SMILES string of the molecule is NC(C1CCCCC1)C1CCCc2cccnc21. The van der Waals surface area contributed by atoms with Crippen LogP contribution in [-0.2, 0) is 6.42 Å². The molecular formula is C16H24N2. The molecule has 2 aliphatic rings. The van der Waals surface area contributed by atoms with E-state index in [9.17, 15) is 0 Å². The van der Waals surface area contributed by atoms with E-state index in [1.165, 1.54) is 62.6 Å². The standard InChI is InChI=1S/C16H24N2/c17-15(12-6-2-1-3-7-12)14-10-4-8-13-9-5-11-18-16(13)14/h5,9,11-12,14-15H,1-4,6-8,10,17H2. The van der Waals surface area contributed by atoms with E-state index in [4.69, 9.17) is 5.73 Å². The zero-order valence-electron chi connectivity index (χ0n) is 11.1. The van der Waals surface area contributed by atoms with E-state index in [1.807, 2.05) is 6.20 Å². The molecule has 1 heterocycles. The van der Waals surface area contributed by atoms with E-state index in [0.717, 1.165) is 5.92 Å². The van der Waals surface area contributed by atoms with Crippen molar-refractivity contribution in [2.45, 2.75) is 63.3 Å². The van der Waals surface area contributed by atoms with Crippen LogP contribution in [0.3, 0.4) is 0 Å². The second-order valence-corrected chi connectivity index (χ2v) is 6.02. The third-order valence-electron chi connectivity index (χ3n) is 4.90. The molecule has 3 rings (SSSR count). The number of aromatic nitrogens is 1. The number of fused-ring (bicyclic) bond motifs is 1. The average Bonchev–Trinajstić information content (AvgIpc) is 2.47. The van der Waals surface area contributed by atoms with Crippen molar-refractivity contribution in [3.05, 3.63) is 29.6 Å². The number of aryl methyl sites for hydroxylation is 1. The molecule has 0 radical (unpaired) electrons. The van der Waals surface area contributed by atoms with Gasteiger partial charge in [-0.2, -0.15) is 0 Å². The van der Waals surface area contributed by atoms with Crippen LogP contribution in [0.15, 0.2) is 18.3 Å². The average molecular weight is 244 g/mol. The predicted octanol–water partition coefficient (Wildman–Crippen LogP) is 3.41. The summed E-state index contributed by atoms with van der Waals surface area (Å²) in [6.07, 6.45) is 12.5. The van der Waals surface area contributed by atoms with Crippen LogP contribution in [0.4, 0.5) is 0 Å². The van der Waals surface area contributed by atoms with E-state index in [2.05, 4.69) is 17.1 Å². The molecule has 2 atom stereocenters. The molecule has 98 valence electrons. The highest BCUT2D eigenvalue weighted by Crippen LogP contribution is 2.37. The first kappa shape index (κ1) is 12.2. The molecule has 2 heteroatoms. The molecule has 2 N–H and O–H groups in total. The molecule has 2 aliphatic carbocycles. The summed E-state index contributed by atoms with van der Waals surface area (Å²) in [7, 11) is 0. The third-order valence-corrected chi connectivity index (χ3v) is 4.90. The largest absolute Gasteiger partial charge is 0.327 e. The van der Waals surface area contributed by atoms with Crippen molar-refractivity contribution in [2.24, 2.45) is 11.7 Å². The van der Waals surface area contributed by atoms with E-state index >= 15 is 0 Å². The molecule has 0 bridgehead atoms. The summed E-state index contributed by atoms with van der Waals surface area (Å²) >= 11 is 0. The van der Waals surface area contributed by atoms with Gasteiger partial charge in [0.25, 0.3) is 0 Å². The minimum Gasteiger partial charge on any atom is -0.327 e. The maximum atomic E-state index is 6.60. The molecule has 0 spiro atoms. The lowest BCUT2D eigenvalue weighted by atomic mass is 9.73. The van der Waals surface area contributed by atoms with Gasteiger partial charge in [0, 0.05) is 23.9 Å². The van der Waals surface area contributed by atoms with Crippen molar-refractivity contribution in [2.75, 3.05) is 0 Å². The number of hydrogen-bond donors (Lipinski definition) is 1. The zero-order chi connectivity index (χ0) is 12.4. The molecule has 1 aromatic rings. The van der Waals surface area contributed by atoms with Gasteiger partial charge >= 0.3 is 0 Å². The Labute approximate surface area is 110 Å². The third kappa shape index (κ3) is 2.31. The smallest absolute Gasteiger partial charge is 0.0481 e. The van der Waals surface area contributed by atoms with Gasteiger partial charge in [0.1, 0.15) is 0 Å².